The number of hydrogen-bond donors (Lipinski definition) is 0. The van der Waals surface area contributed by atoms with Crippen LogP contribution in [0.3, 0.4) is 0 Å². The molecule has 8 atom stereocenters. The first-order valence-corrected chi connectivity index (χ1v) is 15.6. The lowest BCUT2D eigenvalue weighted by molar-refractivity contribution is 0.340. The van der Waals surface area contributed by atoms with Crippen molar-refractivity contribution in [1.82, 2.24) is 0 Å². The standard InChI is InChI=1S/C38H38S/c1-4-12-26-23-27(22-21-25(26)5-2)36-29-15-6-7-16-30(29)37(35-24(3)13-10-18-32(35)36)33-19-11-17-31-28-14-8-9-20-34(28)39-38(31)33/h4-10,12-16,18-23,25-26,28,32,34-37H,2,11,17H2,1,3H3/b12-4-/t25?,26-,28?,32?,34?,35?,36?,37?/m0/s1. The predicted octanol–water partition coefficient (Wildman–Crippen LogP) is 9.94. The molecule has 0 bridgehead atoms. The van der Waals surface area contributed by atoms with Gasteiger partial charge in [0.25, 0.3) is 0 Å². The fourth-order valence-electron chi connectivity index (χ4n) is 8.16. The maximum absolute atomic E-state index is 4.13. The minimum atomic E-state index is 0.361. The molecule has 0 amide bonds. The van der Waals surface area contributed by atoms with Gasteiger partial charge in [0, 0.05) is 39.7 Å². The quantitative estimate of drug-likeness (QED) is 0.352. The van der Waals surface area contributed by atoms with Gasteiger partial charge >= 0.3 is 0 Å². The summed E-state index contributed by atoms with van der Waals surface area (Å²) in [5.74, 6) is 2.97. The van der Waals surface area contributed by atoms with E-state index in [-0.39, 0.29) is 0 Å². The van der Waals surface area contributed by atoms with Crippen LogP contribution < -0.4 is 0 Å². The molecule has 1 aliphatic heterocycles. The number of thioether (sulfide) groups is 1. The van der Waals surface area contributed by atoms with E-state index in [9.17, 15) is 0 Å². The molecule has 6 aliphatic rings. The molecular formula is C38H38S. The third kappa shape index (κ3) is 4.04. The maximum atomic E-state index is 4.13. The fraction of sp³-hybridized carbons (Fsp3) is 0.316. The molecule has 0 saturated carbocycles. The van der Waals surface area contributed by atoms with Crippen LogP contribution in [0.5, 0.6) is 0 Å². The zero-order valence-electron chi connectivity index (χ0n) is 23.0. The molecule has 0 fully saturated rings. The van der Waals surface area contributed by atoms with Crippen molar-refractivity contribution in [3.63, 3.8) is 0 Å². The van der Waals surface area contributed by atoms with Crippen molar-refractivity contribution < 1.29 is 0 Å². The van der Waals surface area contributed by atoms with Crippen molar-refractivity contribution in [2.45, 2.75) is 43.8 Å². The van der Waals surface area contributed by atoms with Crippen LogP contribution in [0.4, 0.5) is 0 Å². The summed E-state index contributed by atoms with van der Waals surface area (Å²) in [6, 6.07) is 9.40. The number of fused-ring (bicyclic) bond motifs is 4. The zero-order valence-corrected chi connectivity index (χ0v) is 23.9. The molecule has 0 saturated heterocycles. The molecule has 7 rings (SSSR count). The molecule has 0 N–H and O–H groups in total. The third-order valence-corrected chi connectivity index (χ3v) is 11.3. The van der Waals surface area contributed by atoms with Crippen LogP contribution in [0.1, 0.15) is 49.7 Å². The van der Waals surface area contributed by atoms with E-state index in [4.69, 9.17) is 0 Å². The molecule has 1 aromatic carbocycles. The van der Waals surface area contributed by atoms with Crippen molar-refractivity contribution in [3.05, 3.63) is 154 Å². The maximum Gasteiger partial charge on any atom is 0.0378 e. The molecule has 0 aromatic heterocycles. The lowest BCUT2D eigenvalue weighted by Crippen LogP contribution is -2.36. The van der Waals surface area contributed by atoms with Crippen molar-refractivity contribution in [1.29, 1.82) is 0 Å². The van der Waals surface area contributed by atoms with Gasteiger partial charge in [-0.05, 0) is 66.4 Å². The summed E-state index contributed by atoms with van der Waals surface area (Å²) in [7, 11) is 0. The molecule has 1 heterocycles. The molecule has 1 aromatic rings. The van der Waals surface area contributed by atoms with E-state index < -0.39 is 0 Å². The summed E-state index contributed by atoms with van der Waals surface area (Å²) in [5, 5.41) is 0.561. The summed E-state index contributed by atoms with van der Waals surface area (Å²) in [6.07, 6.45) is 35.5. The Morgan fingerprint density at radius 2 is 1.77 bits per heavy atom. The van der Waals surface area contributed by atoms with Gasteiger partial charge in [-0.15, -0.1) is 18.3 Å². The van der Waals surface area contributed by atoms with E-state index >= 15 is 0 Å². The SMILES string of the molecule is C=CC1C=CC(C2c3ccccc3C(C3=CCCC4=C3SC3C=CC=CC43)C3C(C)=CC=CC23)=C[C@@H]1/C=C\C. The summed E-state index contributed by atoms with van der Waals surface area (Å²) >= 11 is 2.13. The molecular weight excluding hydrogens is 488 g/mol. The van der Waals surface area contributed by atoms with Crippen LogP contribution >= 0.6 is 11.8 Å². The summed E-state index contributed by atoms with van der Waals surface area (Å²) in [6.45, 7) is 8.64. The molecule has 0 nitrogen and oxygen atoms in total. The van der Waals surface area contributed by atoms with E-state index in [2.05, 4.69) is 142 Å². The van der Waals surface area contributed by atoms with Gasteiger partial charge in [0.1, 0.15) is 0 Å². The second-order valence-corrected chi connectivity index (χ2v) is 13.0. The van der Waals surface area contributed by atoms with Gasteiger partial charge in [0.15, 0.2) is 0 Å². The monoisotopic (exact) mass is 526 g/mol. The van der Waals surface area contributed by atoms with Crippen LogP contribution in [-0.2, 0) is 0 Å². The fourth-order valence-corrected chi connectivity index (χ4v) is 9.74. The van der Waals surface area contributed by atoms with Crippen LogP contribution in [-0.4, -0.2) is 5.25 Å². The normalized spacial score (nSPS) is 36.1. The Balaban J connectivity index is 1.37. The first-order chi connectivity index (χ1) is 19.2. The van der Waals surface area contributed by atoms with E-state index in [1.807, 2.05) is 0 Å². The van der Waals surface area contributed by atoms with E-state index in [1.165, 1.54) is 28.7 Å². The molecule has 39 heavy (non-hydrogen) atoms. The highest BCUT2D eigenvalue weighted by Gasteiger charge is 2.48. The summed E-state index contributed by atoms with van der Waals surface area (Å²) < 4.78 is 0. The molecule has 0 spiro atoms. The van der Waals surface area contributed by atoms with Gasteiger partial charge in [0.2, 0.25) is 0 Å². The Morgan fingerprint density at radius 1 is 0.949 bits per heavy atom. The van der Waals surface area contributed by atoms with Gasteiger partial charge < -0.3 is 0 Å². The second kappa shape index (κ2) is 10.2. The highest BCUT2D eigenvalue weighted by Crippen LogP contribution is 2.61. The lowest BCUT2D eigenvalue weighted by atomic mass is 9.56. The van der Waals surface area contributed by atoms with Crippen molar-refractivity contribution in [2.75, 3.05) is 0 Å². The third-order valence-electron chi connectivity index (χ3n) is 9.84. The summed E-state index contributed by atoms with van der Waals surface area (Å²) in [4.78, 5) is 1.60. The van der Waals surface area contributed by atoms with E-state index in [0.717, 1.165) is 6.42 Å². The molecule has 5 aliphatic carbocycles. The predicted molar refractivity (Wildman–Crippen MR) is 169 cm³/mol. The zero-order chi connectivity index (χ0) is 26.5. The highest BCUT2D eigenvalue weighted by atomic mass is 32.2. The van der Waals surface area contributed by atoms with Crippen molar-refractivity contribution in [2.24, 2.45) is 29.6 Å². The first-order valence-electron chi connectivity index (χ1n) is 14.7. The topological polar surface area (TPSA) is 0 Å². The highest BCUT2D eigenvalue weighted by molar-refractivity contribution is 8.04. The van der Waals surface area contributed by atoms with Gasteiger partial charge in [-0.2, -0.15) is 0 Å². The molecule has 7 unspecified atom stereocenters. The minimum Gasteiger partial charge on any atom is -0.117 e. The van der Waals surface area contributed by atoms with Crippen molar-refractivity contribution >= 4 is 11.8 Å². The Morgan fingerprint density at radius 3 is 2.59 bits per heavy atom. The molecule has 0 radical (unpaired) electrons. The van der Waals surface area contributed by atoms with Crippen molar-refractivity contribution in [3.8, 4) is 0 Å². The Labute approximate surface area is 238 Å². The van der Waals surface area contributed by atoms with E-state index in [0.29, 0.717) is 46.7 Å². The summed E-state index contributed by atoms with van der Waals surface area (Å²) in [5.41, 5.74) is 9.34. The van der Waals surface area contributed by atoms with Crippen LogP contribution in [0.15, 0.2) is 143 Å². The van der Waals surface area contributed by atoms with Crippen LogP contribution in [0.2, 0.25) is 0 Å². The molecule has 1 heteroatoms. The Hall–Kier alpha value is -3.03. The average molecular weight is 527 g/mol. The largest absolute Gasteiger partial charge is 0.117 e. The first kappa shape index (κ1) is 25.0. The van der Waals surface area contributed by atoms with Gasteiger partial charge in [-0.3, -0.25) is 0 Å². The number of rotatable bonds is 4. The Kier molecular flexibility index (Phi) is 6.52. The Bertz CT molecular complexity index is 1460. The number of hydrogen-bond acceptors (Lipinski definition) is 1. The van der Waals surface area contributed by atoms with Crippen LogP contribution in [0, 0.1) is 29.6 Å². The number of benzene rings is 1. The van der Waals surface area contributed by atoms with Gasteiger partial charge in [-0.25, -0.2) is 0 Å². The lowest BCUT2D eigenvalue weighted by Gasteiger charge is -2.47. The average Bonchev–Trinajstić information content (AvgIpc) is 3.35. The minimum absolute atomic E-state index is 0.361. The molecule has 196 valence electrons. The van der Waals surface area contributed by atoms with E-state index in [1.54, 1.807) is 16.1 Å². The van der Waals surface area contributed by atoms with Crippen LogP contribution in [0.25, 0.3) is 0 Å². The van der Waals surface area contributed by atoms with Gasteiger partial charge in [0.05, 0.1) is 0 Å². The number of allylic oxidation sites excluding steroid dienone is 17. The smallest absolute Gasteiger partial charge is 0.0378 e. The second-order valence-electron chi connectivity index (χ2n) is 11.9. The van der Waals surface area contributed by atoms with Gasteiger partial charge in [-0.1, -0.05) is 115 Å².